The minimum atomic E-state index is 0.555. The van der Waals surface area contributed by atoms with Crippen molar-refractivity contribution in [2.45, 2.75) is 0 Å². The third-order valence-corrected chi connectivity index (χ3v) is 9.62. The van der Waals surface area contributed by atoms with E-state index in [0.717, 1.165) is 66.4 Å². The topological polar surface area (TPSA) is 90.5 Å². The second-order valence-corrected chi connectivity index (χ2v) is 13.2. The quantitative estimate of drug-likeness (QED) is 0.163. The van der Waals surface area contributed by atoms with E-state index in [-0.39, 0.29) is 0 Å². The fourth-order valence-electron chi connectivity index (χ4n) is 6.78. The highest BCUT2D eigenvalue weighted by molar-refractivity contribution is 6.05. The van der Waals surface area contributed by atoms with E-state index in [0.29, 0.717) is 34.9 Å². The van der Waals surface area contributed by atoms with Crippen LogP contribution in [0.4, 0.5) is 0 Å². The van der Waals surface area contributed by atoms with Gasteiger partial charge in [0.25, 0.3) is 0 Å². The van der Waals surface area contributed by atoms with Crippen molar-refractivity contribution >= 4 is 21.9 Å². The average molecular weight is 707 g/mol. The Morgan fingerprint density at radius 1 is 0.236 bits per heavy atom. The van der Waals surface area contributed by atoms with Crippen molar-refractivity contribution in [1.82, 2.24) is 29.9 Å². The molecule has 3 aromatic heterocycles. The van der Waals surface area contributed by atoms with E-state index in [1.807, 2.05) is 133 Å². The first-order chi connectivity index (χ1) is 27.2. The molecule has 7 nitrogen and oxygen atoms in total. The SMILES string of the molecule is c1ccc(-c2ccc(-c3nc(-c4ccccc4)nc(-c4ccc(-c5nc(-c6ccccc6)nc(-c6ccc7c(c6)oc6ccccc67)n5)cc4)n3)cc2)cc1. The number of nitrogens with zero attached hydrogens (tertiary/aromatic N) is 6. The Balaban J connectivity index is 1.04. The summed E-state index contributed by atoms with van der Waals surface area (Å²) >= 11 is 0. The van der Waals surface area contributed by atoms with Crippen molar-refractivity contribution in [2.75, 3.05) is 0 Å². The van der Waals surface area contributed by atoms with Crippen LogP contribution in [0.5, 0.6) is 0 Å². The van der Waals surface area contributed by atoms with Crippen molar-refractivity contribution < 1.29 is 4.42 Å². The second kappa shape index (κ2) is 13.7. The molecule has 0 unspecified atom stereocenters. The third-order valence-electron chi connectivity index (χ3n) is 9.62. The van der Waals surface area contributed by atoms with Gasteiger partial charge in [-0.15, -0.1) is 0 Å². The highest BCUT2D eigenvalue weighted by Crippen LogP contribution is 2.33. The second-order valence-electron chi connectivity index (χ2n) is 13.2. The van der Waals surface area contributed by atoms with Crippen LogP contribution in [0, 0.1) is 0 Å². The van der Waals surface area contributed by atoms with Gasteiger partial charge in [0, 0.05) is 44.2 Å². The van der Waals surface area contributed by atoms with Crippen LogP contribution in [-0.4, -0.2) is 29.9 Å². The van der Waals surface area contributed by atoms with Gasteiger partial charge in [0.05, 0.1) is 0 Å². The van der Waals surface area contributed by atoms with E-state index in [4.69, 9.17) is 34.3 Å². The molecule has 0 saturated carbocycles. The maximum atomic E-state index is 6.21. The number of para-hydroxylation sites is 1. The van der Waals surface area contributed by atoms with Crippen molar-refractivity contribution in [2.24, 2.45) is 0 Å². The molecule has 0 radical (unpaired) electrons. The molecular weight excluding hydrogens is 677 g/mol. The van der Waals surface area contributed by atoms with Gasteiger partial charge in [0.15, 0.2) is 34.9 Å². The monoisotopic (exact) mass is 706 g/mol. The number of furan rings is 1. The summed E-state index contributed by atoms with van der Waals surface area (Å²) in [5.41, 5.74) is 9.16. The van der Waals surface area contributed by atoms with Crippen LogP contribution >= 0.6 is 0 Å². The molecule has 0 spiro atoms. The number of fused-ring (bicyclic) bond motifs is 3. The zero-order chi connectivity index (χ0) is 36.6. The summed E-state index contributed by atoms with van der Waals surface area (Å²) < 4.78 is 6.21. The predicted octanol–water partition coefficient (Wildman–Crippen LogP) is 11.6. The van der Waals surface area contributed by atoms with Crippen LogP contribution < -0.4 is 0 Å². The summed E-state index contributed by atoms with van der Waals surface area (Å²) in [6.45, 7) is 0. The number of hydrogen-bond acceptors (Lipinski definition) is 7. The fraction of sp³-hybridized carbons (Fsp3) is 0. The molecule has 7 heteroatoms. The third kappa shape index (κ3) is 6.30. The zero-order valence-electron chi connectivity index (χ0n) is 29.4. The minimum absolute atomic E-state index is 0.555. The molecule has 10 aromatic rings. The lowest BCUT2D eigenvalue weighted by atomic mass is 10.0. The summed E-state index contributed by atoms with van der Waals surface area (Å²) in [6, 6.07) is 60.8. The van der Waals surface area contributed by atoms with Gasteiger partial charge in [-0.1, -0.05) is 164 Å². The summed E-state index contributed by atoms with van der Waals surface area (Å²) in [5.74, 6) is 3.48. The van der Waals surface area contributed by atoms with E-state index in [9.17, 15) is 0 Å². The Morgan fingerprint density at radius 3 is 1.02 bits per heavy atom. The first kappa shape index (κ1) is 32.0. The first-order valence-electron chi connectivity index (χ1n) is 18.0. The lowest BCUT2D eigenvalue weighted by Crippen LogP contribution is -2.01. The maximum Gasteiger partial charge on any atom is 0.164 e. The Labute approximate surface area is 316 Å². The molecule has 0 aliphatic carbocycles. The molecule has 0 saturated heterocycles. The van der Waals surface area contributed by atoms with Crippen LogP contribution in [0.1, 0.15) is 0 Å². The standard InChI is InChI=1S/C48H30N6O/c1-4-12-31(13-5-1)32-20-22-35(23-21-32)45-49-43(33-14-6-2-7-15-33)50-46(52-45)36-24-26-37(27-25-36)47-51-44(34-16-8-3-9-17-34)53-48(54-47)38-28-29-40-39-18-10-11-19-41(39)55-42(40)30-38/h1-30H. The first-order valence-corrected chi connectivity index (χ1v) is 18.0. The Kier molecular flexibility index (Phi) is 8.00. The summed E-state index contributed by atoms with van der Waals surface area (Å²) in [7, 11) is 0. The molecular formula is C48H30N6O. The van der Waals surface area contributed by atoms with Crippen LogP contribution in [0.25, 0.3) is 101 Å². The van der Waals surface area contributed by atoms with E-state index in [1.54, 1.807) is 0 Å². The lowest BCUT2D eigenvalue weighted by Gasteiger charge is -2.10. The van der Waals surface area contributed by atoms with Crippen LogP contribution in [-0.2, 0) is 0 Å². The Bertz CT molecular complexity index is 2950. The normalized spacial score (nSPS) is 11.3. The molecule has 0 aliphatic heterocycles. The molecule has 3 heterocycles. The van der Waals surface area contributed by atoms with Gasteiger partial charge in [-0.2, -0.15) is 0 Å². The van der Waals surface area contributed by atoms with E-state index in [2.05, 4.69) is 48.5 Å². The minimum Gasteiger partial charge on any atom is -0.456 e. The molecule has 10 rings (SSSR count). The molecule has 0 aliphatic rings. The Hall–Kier alpha value is -7.64. The van der Waals surface area contributed by atoms with Gasteiger partial charge in [-0.05, 0) is 29.3 Å². The smallest absolute Gasteiger partial charge is 0.164 e. The number of rotatable bonds is 7. The number of aromatic nitrogens is 6. The van der Waals surface area contributed by atoms with Gasteiger partial charge in [-0.3, -0.25) is 0 Å². The van der Waals surface area contributed by atoms with Crippen molar-refractivity contribution in [1.29, 1.82) is 0 Å². The maximum absolute atomic E-state index is 6.21. The summed E-state index contributed by atoms with van der Waals surface area (Å²) in [6.07, 6.45) is 0. The predicted molar refractivity (Wildman–Crippen MR) is 219 cm³/mol. The number of hydrogen-bond donors (Lipinski definition) is 0. The van der Waals surface area contributed by atoms with Gasteiger partial charge in [0.2, 0.25) is 0 Å². The van der Waals surface area contributed by atoms with Crippen molar-refractivity contribution in [3.8, 4) is 79.5 Å². The van der Waals surface area contributed by atoms with Gasteiger partial charge >= 0.3 is 0 Å². The summed E-state index contributed by atoms with van der Waals surface area (Å²) in [4.78, 5) is 29.7. The van der Waals surface area contributed by atoms with Crippen LogP contribution in [0.3, 0.4) is 0 Å². The molecule has 0 N–H and O–H groups in total. The van der Waals surface area contributed by atoms with Gasteiger partial charge in [-0.25, -0.2) is 29.9 Å². The van der Waals surface area contributed by atoms with Crippen LogP contribution in [0.2, 0.25) is 0 Å². The van der Waals surface area contributed by atoms with Crippen molar-refractivity contribution in [3.05, 3.63) is 182 Å². The van der Waals surface area contributed by atoms with Crippen molar-refractivity contribution in [3.63, 3.8) is 0 Å². The summed E-state index contributed by atoms with van der Waals surface area (Å²) in [5, 5.41) is 2.13. The molecule has 7 aromatic carbocycles. The molecule has 0 amide bonds. The van der Waals surface area contributed by atoms with E-state index < -0.39 is 0 Å². The zero-order valence-corrected chi connectivity index (χ0v) is 29.4. The largest absolute Gasteiger partial charge is 0.456 e. The van der Waals surface area contributed by atoms with E-state index in [1.165, 1.54) is 0 Å². The van der Waals surface area contributed by atoms with Gasteiger partial charge < -0.3 is 4.42 Å². The van der Waals surface area contributed by atoms with Gasteiger partial charge in [0.1, 0.15) is 11.2 Å². The Morgan fingerprint density at radius 2 is 0.545 bits per heavy atom. The van der Waals surface area contributed by atoms with E-state index >= 15 is 0 Å². The molecule has 258 valence electrons. The van der Waals surface area contributed by atoms with Crippen LogP contribution in [0.15, 0.2) is 186 Å². The fourth-order valence-corrected chi connectivity index (χ4v) is 6.78. The lowest BCUT2D eigenvalue weighted by molar-refractivity contribution is 0.669. The molecule has 0 atom stereocenters. The molecule has 55 heavy (non-hydrogen) atoms. The average Bonchev–Trinajstić information content (AvgIpc) is 3.65. The molecule has 0 fully saturated rings. The number of benzene rings is 7. The highest BCUT2D eigenvalue weighted by Gasteiger charge is 2.16. The highest BCUT2D eigenvalue weighted by atomic mass is 16.3. The molecule has 0 bridgehead atoms.